The van der Waals surface area contributed by atoms with Crippen molar-refractivity contribution in [2.24, 2.45) is 11.8 Å². The monoisotopic (exact) mass is 835 g/mol. The van der Waals surface area contributed by atoms with E-state index >= 15 is 0 Å². The number of esters is 3. The van der Waals surface area contributed by atoms with Crippen LogP contribution in [-0.2, 0) is 28.6 Å². The van der Waals surface area contributed by atoms with Gasteiger partial charge in [-0.1, -0.05) is 253 Å². The number of rotatable bonds is 47. The van der Waals surface area contributed by atoms with Gasteiger partial charge in [-0.25, -0.2) is 0 Å². The summed E-state index contributed by atoms with van der Waals surface area (Å²) in [6.45, 7) is 11.4. The second kappa shape index (κ2) is 45.9. The van der Waals surface area contributed by atoms with E-state index < -0.39 is 6.10 Å². The summed E-state index contributed by atoms with van der Waals surface area (Å²) in [4.78, 5) is 37.9. The maximum Gasteiger partial charge on any atom is 0.306 e. The molecule has 0 fully saturated rings. The van der Waals surface area contributed by atoms with Gasteiger partial charge >= 0.3 is 17.9 Å². The average Bonchev–Trinajstić information content (AvgIpc) is 3.22. The van der Waals surface area contributed by atoms with E-state index in [-0.39, 0.29) is 31.1 Å². The first kappa shape index (κ1) is 57.4. The molecule has 6 heteroatoms. The summed E-state index contributed by atoms with van der Waals surface area (Å²) in [5, 5.41) is 0. The summed E-state index contributed by atoms with van der Waals surface area (Å²) in [6, 6.07) is 0. The Bertz CT molecular complexity index is 902. The van der Waals surface area contributed by atoms with Crippen molar-refractivity contribution in [1.29, 1.82) is 0 Å². The Labute approximate surface area is 368 Å². The zero-order chi connectivity index (χ0) is 43.3. The van der Waals surface area contributed by atoms with Crippen LogP contribution in [0.5, 0.6) is 0 Å². The lowest BCUT2D eigenvalue weighted by molar-refractivity contribution is -0.167. The van der Waals surface area contributed by atoms with Crippen LogP contribution in [0, 0.1) is 11.8 Å². The van der Waals surface area contributed by atoms with E-state index in [1.165, 1.54) is 180 Å². The van der Waals surface area contributed by atoms with Crippen LogP contribution < -0.4 is 0 Å². The standard InChI is InChI=1S/C53H102O6/c1-6-8-9-10-11-12-23-28-33-38-43-51(54)57-46-50(47-58-52(55)44-39-34-29-24-20-19-21-26-31-36-41-48(3)4)59-53(56)45-40-35-30-25-18-16-14-13-15-17-22-27-32-37-42-49(5)7-2/h48-50H,6-47H2,1-5H3/t49?,50-/m0/s1. The van der Waals surface area contributed by atoms with Crippen molar-refractivity contribution in [3.05, 3.63) is 0 Å². The van der Waals surface area contributed by atoms with Gasteiger partial charge in [0.1, 0.15) is 13.2 Å². The Hall–Kier alpha value is -1.59. The van der Waals surface area contributed by atoms with Gasteiger partial charge in [0.05, 0.1) is 0 Å². The zero-order valence-corrected chi connectivity index (χ0v) is 40.4. The van der Waals surface area contributed by atoms with Crippen molar-refractivity contribution in [1.82, 2.24) is 0 Å². The highest BCUT2D eigenvalue weighted by molar-refractivity contribution is 5.71. The lowest BCUT2D eigenvalue weighted by atomic mass is 9.99. The second-order valence-electron chi connectivity index (χ2n) is 18.9. The quantitative estimate of drug-likeness (QED) is 0.0345. The number of carbonyl (C=O) groups is 3. The molecule has 2 atom stereocenters. The molecule has 0 radical (unpaired) electrons. The Morgan fingerprint density at radius 3 is 0.966 bits per heavy atom. The van der Waals surface area contributed by atoms with Gasteiger partial charge in [0.25, 0.3) is 0 Å². The molecular weight excluding hydrogens is 733 g/mol. The summed E-state index contributed by atoms with van der Waals surface area (Å²) in [6.07, 6.45) is 46.5. The molecular formula is C53H102O6. The van der Waals surface area contributed by atoms with Gasteiger partial charge in [-0.3, -0.25) is 14.4 Å². The first-order chi connectivity index (χ1) is 28.8. The normalized spacial score (nSPS) is 12.5. The first-order valence-corrected chi connectivity index (χ1v) is 26.3. The van der Waals surface area contributed by atoms with Gasteiger partial charge in [-0.15, -0.1) is 0 Å². The van der Waals surface area contributed by atoms with Gasteiger partial charge in [-0.05, 0) is 31.1 Å². The Morgan fingerprint density at radius 1 is 0.356 bits per heavy atom. The van der Waals surface area contributed by atoms with Crippen molar-refractivity contribution >= 4 is 17.9 Å². The summed E-state index contributed by atoms with van der Waals surface area (Å²) in [7, 11) is 0. The molecule has 350 valence electrons. The molecule has 0 N–H and O–H groups in total. The maximum absolute atomic E-state index is 12.8. The summed E-state index contributed by atoms with van der Waals surface area (Å²) in [5.74, 6) is 0.864. The Kier molecular flexibility index (Phi) is 44.7. The number of carbonyl (C=O) groups excluding carboxylic acids is 3. The third-order valence-corrected chi connectivity index (χ3v) is 12.3. The minimum absolute atomic E-state index is 0.0638. The fourth-order valence-electron chi connectivity index (χ4n) is 7.96. The van der Waals surface area contributed by atoms with Crippen LogP contribution in [0.1, 0.15) is 291 Å². The molecule has 0 saturated carbocycles. The third-order valence-electron chi connectivity index (χ3n) is 12.3. The number of hydrogen-bond donors (Lipinski definition) is 0. The van der Waals surface area contributed by atoms with E-state index in [0.717, 1.165) is 69.6 Å². The van der Waals surface area contributed by atoms with Crippen LogP contribution in [0.4, 0.5) is 0 Å². The molecule has 0 aliphatic rings. The van der Waals surface area contributed by atoms with Crippen molar-refractivity contribution in [3.8, 4) is 0 Å². The van der Waals surface area contributed by atoms with Gasteiger partial charge < -0.3 is 14.2 Å². The third kappa shape index (κ3) is 45.8. The molecule has 59 heavy (non-hydrogen) atoms. The van der Waals surface area contributed by atoms with E-state index in [1.807, 2.05) is 0 Å². The summed E-state index contributed by atoms with van der Waals surface area (Å²) in [5.41, 5.74) is 0. The SMILES string of the molecule is CCCCCCCCCCCCC(=O)OC[C@@H](COC(=O)CCCCCCCCCCCCC(C)C)OC(=O)CCCCCCCCCCCCCCCCC(C)CC. The molecule has 0 heterocycles. The van der Waals surface area contributed by atoms with Crippen LogP contribution in [0.2, 0.25) is 0 Å². The fourth-order valence-corrected chi connectivity index (χ4v) is 7.96. The Balaban J connectivity index is 4.28. The van der Waals surface area contributed by atoms with E-state index in [9.17, 15) is 14.4 Å². The van der Waals surface area contributed by atoms with E-state index in [1.54, 1.807) is 0 Å². The minimum Gasteiger partial charge on any atom is -0.462 e. The van der Waals surface area contributed by atoms with Gasteiger partial charge in [-0.2, -0.15) is 0 Å². The highest BCUT2D eigenvalue weighted by Gasteiger charge is 2.19. The van der Waals surface area contributed by atoms with Crippen LogP contribution in [0.15, 0.2) is 0 Å². The fraction of sp³-hybridized carbons (Fsp3) is 0.943. The summed E-state index contributed by atoms with van der Waals surface area (Å²) >= 11 is 0. The van der Waals surface area contributed by atoms with Crippen molar-refractivity contribution in [3.63, 3.8) is 0 Å². The average molecular weight is 835 g/mol. The zero-order valence-electron chi connectivity index (χ0n) is 40.4. The minimum atomic E-state index is -0.761. The van der Waals surface area contributed by atoms with Crippen LogP contribution >= 0.6 is 0 Å². The van der Waals surface area contributed by atoms with Crippen molar-refractivity contribution < 1.29 is 28.6 Å². The van der Waals surface area contributed by atoms with Gasteiger partial charge in [0, 0.05) is 19.3 Å². The van der Waals surface area contributed by atoms with Gasteiger partial charge in [0.2, 0.25) is 0 Å². The maximum atomic E-state index is 12.8. The summed E-state index contributed by atoms with van der Waals surface area (Å²) < 4.78 is 16.8. The molecule has 6 nitrogen and oxygen atoms in total. The lowest BCUT2D eigenvalue weighted by Crippen LogP contribution is -2.30. The highest BCUT2D eigenvalue weighted by Crippen LogP contribution is 2.18. The molecule has 1 unspecified atom stereocenters. The number of ether oxygens (including phenoxy) is 3. The molecule has 0 aromatic carbocycles. The molecule has 0 rings (SSSR count). The Morgan fingerprint density at radius 2 is 0.644 bits per heavy atom. The van der Waals surface area contributed by atoms with Crippen LogP contribution in [-0.4, -0.2) is 37.2 Å². The van der Waals surface area contributed by atoms with Crippen LogP contribution in [0.25, 0.3) is 0 Å². The molecule has 0 amide bonds. The van der Waals surface area contributed by atoms with E-state index in [0.29, 0.717) is 19.3 Å². The topological polar surface area (TPSA) is 78.9 Å². The van der Waals surface area contributed by atoms with E-state index in [4.69, 9.17) is 14.2 Å². The number of hydrogen-bond acceptors (Lipinski definition) is 6. The van der Waals surface area contributed by atoms with Crippen molar-refractivity contribution in [2.45, 2.75) is 298 Å². The molecule has 0 aromatic heterocycles. The molecule has 0 aliphatic carbocycles. The predicted molar refractivity (Wildman–Crippen MR) is 252 cm³/mol. The number of unbranched alkanes of at least 4 members (excludes halogenated alkanes) is 31. The molecule has 0 bridgehead atoms. The van der Waals surface area contributed by atoms with Gasteiger partial charge in [0.15, 0.2) is 6.10 Å². The molecule has 0 spiro atoms. The predicted octanol–water partition coefficient (Wildman–Crippen LogP) is 16.9. The molecule has 0 aliphatic heterocycles. The largest absolute Gasteiger partial charge is 0.462 e. The van der Waals surface area contributed by atoms with Crippen molar-refractivity contribution in [2.75, 3.05) is 13.2 Å². The molecule has 0 saturated heterocycles. The molecule has 0 aromatic rings. The smallest absolute Gasteiger partial charge is 0.306 e. The first-order valence-electron chi connectivity index (χ1n) is 26.3. The second-order valence-corrected chi connectivity index (χ2v) is 18.9. The highest BCUT2D eigenvalue weighted by atomic mass is 16.6. The van der Waals surface area contributed by atoms with E-state index in [2.05, 4.69) is 34.6 Å². The lowest BCUT2D eigenvalue weighted by Gasteiger charge is -2.18. The van der Waals surface area contributed by atoms with Crippen LogP contribution in [0.3, 0.4) is 0 Å².